The predicted octanol–water partition coefficient (Wildman–Crippen LogP) is 3.55. The van der Waals surface area contributed by atoms with E-state index in [1.807, 2.05) is 6.07 Å². The number of rotatable bonds is 9. The highest BCUT2D eigenvalue weighted by atomic mass is 19.1. The summed E-state index contributed by atoms with van der Waals surface area (Å²) in [5.41, 5.74) is 1.06. The SMILES string of the molecule is CCNCCCCCCc1ccc(OC)c(F)c1. The van der Waals surface area contributed by atoms with E-state index in [1.165, 1.54) is 26.4 Å². The van der Waals surface area contributed by atoms with Gasteiger partial charge in [0.15, 0.2) is 11.6 Å². The van der Waals surface area contributed by atoms with E-state index in [2.05, 4.69) is 12.2 Å². The molecule has 0 radical (unpaired) electrons. The summed E-state index contributed by atoms with van der Waals surface area (Å²) in [5, 5.41) is 3.31. The number of benzene rings is 1. The van der Waals surface area contributed by atoms with E-state index in [0.717, 1.165) is 31.5 Å². The highest BCUT2D eigenvalue weighted by Gasteiger charge is 2.03. The van der Waals surface area contributed by atoms with Crippen LogP contribution in [0.15, 0.2) is 18.2 Å². The van der Waals surface area contributed by atoms with Crippen LogP contribution < -0.4 is 10.1 Å². The fourth-order valence-corrected chi connectivity index (χ4v) is 1.97. The Kier molecular flexibility index (Phi) is 7.42. The number of halogens is 1. The number of hydrogen-bond acceptors (Lipinski definition) is 2. The first-order chi connectivity index (χ1) is 8.77. The van der Waals surface area contributed by atoms with Gasteiger partial charge in [-0.25, -0.2) is 4.39 Å². The number of aryl methyl sites for hydroxylation is 1. The maximum absolute atomic E-state index is 13.4. The van der Waals surface area contributed by atoms with Crippen molar-refractivity contribution in [3.63, 3.8) is 0 Å². The van der Waals surface area contributed by atoms with Gasteiger partial charge < -0.3 is 10.1 Å². The predicted molar refractivity (Wildman–Crippen MR) is 73.7 cm³/mol. The standard InChI is InChI=1S/C15H24FNO/c1-3-17-11-7-5-4-6-8-13-9-10-15(18-2)14(16)12-13/h9-10,12,17H,3-8,11H2,1-2H3. The van der Waals surface area contributed by atoms with Crippen molar-refractivity contribution in [3.8, 4) is 5.75 Å². The van der Waals surface area contributed by atoms with Gasteiger partial charge in [-0.2, -0.15) is 0 Å². The normalized spacial score (nSPS) is 10.6. The summed E-state index contributed by atoms with van der Waals surface area (Å²) < 4.78 is 18.3. The Morgan fingerprint density at radius 1 is 1.17 bits per heavy atom. The second-order valence-electron chi connectivity index (χ2n) is 4.49. The van der Waals surface area contributed by atoms with Crippen molar-refractivity contribution in [3.05, 3.63) is 29.6 Å². The van der Waals surface area contributed by atoms with Crippen molar-refractivity contribution < 1.29 is 9.13 Å². The van der Waals surface area contributed by atoms with Gasteiger partial charge >= 0.3 is 0 Å². The Hall–Kier alpha value is -1.09. The molecule has 102 valence electrons. The molecule has 0 atom stereocenters. The summed E-state index contributed by atoms with van der Waals surface area (Å²) in [5.74, 6) is 0.0616. The molecule has 0 fully saturated rings. The number of ether oxygens (including phenoxy) is 1. The third kappa shape index (κ3) is 5.50. The molecule has 0 bridgehead atoms. The van der Waals surface area contributed by atoms with Gasteiger partial charge in [0.05, 0.1) is 7.11 Å². The number of nitrogens with one attached hydrogen (secondary N) is 1. The largest absolute Gasteiger partial charge is 0.494 e. The summed E-state index contributed by atoms with van der Waals surface area (Å²) in [6, 6.07) is 5.23. The van der Waals surface area contributed by atoms with Gasteiger partial charge in [0.2, 0.25) is 0 Å². The van der Waals surface area contributed by atoms with Crippen molar-refractivity contribution >= 4 is 0 Å². The van der Waals surface area contributed by atoms with Crippen molar-refractivity contribution in [2.45, 2.75) is 39.0 Å². The van der Waals surface area contributed by atoms with Gasteiger partial charge in [-0.1, -0.05) is 25.8 Å². The first-order valence-electron chi connectivity index (χ1n) is 6.81. The van der Waals surface area contributed by atoms with Crippen LogP contribution in [0.25, 0.3) is 0 Å². The first-order valence-corrected chi connectivity index (χ1v) is 6.81. The molecular weight excluding hydrogens is 229 g/mol. The molecule has 1 aromatic rings. The number of hydrogen-bond donors (Lipinski definition) is 1. The molecule has 0 saturated carbocycles. The monoisotopic (exact) mass is 253 g/mol. The highest BCUT2D eigenvalue weighted by molar-refractivity contribution is 5.29. The van der Waals surface area contributed by atoms with Crippen LogP contribution >= 0.6 is 0 Å². The van der Waals surface area contributed by atoms with E-state index in [1.54, 1.807) is 12.1 Å². The molecule has 2 nitrogen and oxygen atoms in total. The average Bonchev–Trinajstić information content (AvgIpc) is 2.38. The smallest absolute Gasteiger partial charge is 0.165 e. The summed E-state index contributed by atoms with van der Waals surface area (Å²) in [7, 11) is 1.49. The molecule has 0 aliphatic heterocycles. The lowest BCUT2D eigenvalue weighted by molar-refractivity contribution is 0.386. The van der Waals surface area contributed by atoms with E-state index in [4.69, 9.17) is 4.74 Å². The summed E-state index contributed by atoms with van der Waals surface area (Å²) in [6.07, 6.45) is 5.75. The molecular formula is C15H24FNO. The second-order valence-corrected chi connectivity index (χ2v) is 4.49. The van der Waals surface area contributed by atoms with Gasteiger partial charge in [0.25, 0.3) is 0 Å². The number of methoxy groups -OCH3 is 1. The summed E-state index contributed by atoms with van der Waals surface area (Å²) in [4.78, 5) is 0. The van der Waals surface area contributed by atoms with Crippen molar-refractivity contribution in [2.24, 2.45) is 0 Å². The molecule has 0 unspecified atom stereocenters. The summed E-state index contributed by atoms with van der Waals surface area (Å²) in [6.45, 7) is 4.27. The Morgan fingerprint density at radius 2 is 1.94 bits per heavy atom. The molecule has 1 rings (SSSR count). The minimum atomic E-state index is -0.262. The highest BCUT2D eigenvalue weighted by Crippen LogP contribution is 2.19. The van der Waals surface area contributed by atoms with Crippen LogP contribution in [0.1, 0.15) is 38.2 Å². The minimum absolute atomic E-state index is 0.262. The number of unbranched alkanes of at least 4 members (excludes halogenated alkanes) is 3. The summed E-state index contributed by atoms with van der Waals surface area (Å²) >= 11 is 0. The van der Waals surface area contributed by atoms with Gasteiger partial charge in [0.1, 0.15) is 0 Å². The van der Waals surface area contributed by atoms with Crippen molar-refractivity contribution in [1.82, 2.24) is 5.32 Å². The van der Waals surface area contributed by atoms with E-state index in [0.29, 0.717) is 5.75 Å². The van der Waals surface area contributed by atoms with Crippen LogP contribution in [0, 0.1) is 5.82 Å². The molecule has 0 aliphatic rings. The molecule has 1 aromatic carbocycles. The van der Waals surface area contributed by atoms with Crippen LogP contribution in [0.3, 0.4) is 0 Å². The molecule has 18 heavy (non-hydrogen) atoms. The van der Waals surface area contributed by atoms with Crippen LogP contribution in [0.5, 0.6) is 5.75 Å². The maximum Gasteiger partial charge on any atom is 0.165 e. The zero-order valence-corrected chi connectivity index (χ0v) is 11.5. The fraction of sp³-hybridized carbons (Fsp3) is 0.600. The molecule has 1 N–H and O–H groups in total. The third-order valence-electron chi connectivity index (χ3n) is 3.04. The van der Waals surface area contributed by atoms with E-state index in [-0.39, 0.29) is 5.82 Å². The van der Waals surface area contributed by atoms with Crippen LogP contribution in [0.2, 0.25) is 0 Å². The third-order valence-corrected chi connectivity index (χ3v) is 3.04. The Morgan fingerprint density at radius 3 is 2.61 bits per heavy atom. The lowest BCUT2D eigenvalue weighted by atomic mass is 10.1. The first kappa shape index (κ1) is 15.0. The van der Waals surface area contributed by atoms with E-state index in [9.17, 15) is 4.39 Å². The Labute approximate surface area is 110 Å². The Bertz CT molecular complexity index is 341. The van der Waals surface area contributed by atoms with Gasteiger partial charge in [-0.3, -0.25) is 0 Å². The molecule has 0 aromatic heterocycles. The molecule has 0 saturated heterocycles. The lowest BCUT2D eigenvalue weighted by Crippen LogP contribution is -2.13. The van der Waals surface area contributed by atoms with Gasteiger partial charge in [-0.05, 0) is 50.0 Å². The van der Waals surface area contributed by atoms with E-state index >= 15 is 0 Å². The molecule has 0 aliphatic carbocycles. The van der Waals surface area contributed by atoms with E-state index < -0.39 is 0 Å². The second kappa shape index (κ2) is 8.92. The zero-order valence-electron chi connectivity index (χ0n) is 11.5. The van der Waals surface area contributed by atoms with Gasteiger partial charge in [0, 0.05) is 0 Å². The van der Waals surface area contributed by atoms with Crippen LogP contribution in [0.4, 0.5) is 4.39 Å². The fourth-order valence-electron chi connectivity index (χ4n) is 1.97. The maximum atomic E-state index is 13.4. The van der Waals surface area contributed by atoms with Gasteiger partial charge in [-0.15, -0.1) is 0 Å². The molecule has 0 spiro atoms. The minimum Gasteiger partial charge on any atom is -0.494 e. The molecule has 0 amide bonds. The molecule has 3 heteroatoms. The van der Waals surface area contributed by atoms with Crippen molar-refractivity contribution in [2.75, 3.05) is 20.2 Å². The van der Waals surface area contributed by atoms with Crippen LogP contribution in [-0.4, -0.2) is 20.2 Å². The quantitative estimate of drug-likeness (QED) is 0.680. The Balaban J connectivity index is 2.17. The topological polar surface area (TPSA) is 21.3 Å². The van der Waals surface area contributed by atoms with Crippen molar-refractivity contribution in [1.29, 1.82) is 0 Å². The molecule has 0 heterocycles. The average molecular weight is 253 g/mol. The zero-order chi connectivity index (χ0) is 13.2. The van der Waals surface area contributed by atoms with Crippen LogP contribution in [-0.2, 0) is 6.42 Å². The lowest BCUT2D eigenvalue weighted by Gasteiger charge is -2.05.